The Kier molecular flexibility index (Phi) is 2.28. The molecule has 4 nitrogen and oxygen atoms in total. The largest absolute Gasteiger partial charge is 0.476 e. The van der Waals surface area contributed by atoms with Crippen molar-refractivity contribution in [2.24, 2.45) is 10.8 Å². The molecule has 0 aliphatic heterocycles. The molecule has 0 spiro atoms. The van der Waals surface area contributed by atoms with E-state index in [4.69, 9.17) is 5.11 Å². The summed E-state index contributed by atoms with van der Waals surface area (Å²) in [4.78, 5) is 14.8. The van der Waals surface area contributed by atoms with Crippen molar-refractivity contribution in [1.82, 2.24) is 4.98 Å². The quantitative estimate of drug-likeness (QED) is 0.852. The van der Waals surface area contributed by atoms with Crippen molar-refractivity contribution in [3.05, 3.63) is 11.2 Å². The molecule has 16 heavy (non-hydrogen) atoms. The fourth-order valence-electron chi connectivity index (χ4n) is 2.19. The van der Waals surface area contributed by atoms with E-state index in [0.717, 1.165) is 0 Å². The molecule has 0 bridgehead atoms. The fourth-order valence-corrected chi connectivity index (χ4v) is 2.89. The highest BCUT2D eigenvalue weighted by atomic mass is 32.1. The fraction of sp³-hybridized carbons (Fsp3) is 0.636. The molecule has 5 heteroatoms. The third kappa shape index (κ3) is 1.42. The number of hydrogen-bond acceptors (Lipinski definition) is 4. The van der Waals surface area contributed by atoms with E-state index in [1.165, 1.54) is 11.3 Å². The molecule has 2 rings (SSSR count). The minimum absolute atomic E-state index is 0.128. The van der Waals surface area contributed by atoms with Crippen molar-refractivity contribution in [2.45, 2.75) is 33.7 Å². The molecule has 1 aromatic rings. The number of nitrogens with zero attached hydrogens (tertiary/aromatic N) is 1. The van der Waals surface area contributed by atoms with Crippen molar-refractivity contribution in [1.29, 1.82) is 0 Å². The van der Waals surface area contributed by atoms with Crippen molar-refractivity contribution in [3.63, 3.8) is 0 Å². The van der Waals surface area contributed by atoms with Gasteiger partial charge in [-0.05, 0) is 10.8 Å². The number of rotatable bonds is 3. The zero-order valence-electron chi connectivity index (χ0n) is 9.87. The minimum Gasteiger partial charge on any atom is -0.476 e. The molecule has 0 saturated heterocycles. The average Bonchev–Trinajstić information content (AvgIpc) is 2.58. The van der Waals surface area contributed by atoms with Gasteiger partial charge >= 0.3 is 5.97 Å². The lowest BCUT2D eigenvalue weighted by Gasteiger charge is -2.05. The highest BCUT2D eigenvalue weighted by molar-refractivity contribution is 7.14. The van der Waals surface area contributed by atoms with Crippen molar-refractivity contribution in [3.8, 4) is 0 Å². The Morgan fingerprint density at radius 3 is 2.44 bits per heavy atom. The Balaban J connectivity index is 2.18. The Morgan fingerprint density at radius 2 is 2.00 bits per heavy atom. The molecule has 0 aromatic carbocycles. The highest BCUT2D eigenvalue weighted by Crippen LogP contribution is 2.63. The second kappa shape index (κ2) is 3.20. The predicted molar refractivity (Wildman–Crippen MR) is 64.0 cm³/mol. The Morgan fingerprint density at radius 1 is 1.44 bits per heavy atom. The zero-order chi connectivity index (χ0) is 12.1. The summed E-state index contributed by atoms with van der Waals surface area (Å²) in [7, 11) is 0. The summed E-state index contributed by atoms with van der Waals surface area (Å²) in [5.41, 5.74) is 2.07. The molecule has 1 heterocycles. The summed E-state index contributed by atoms with van der Waals surface area (Å²) < 4.78 is 0. The number of thiazole rings is 1. The van der Waals surface area contributed by atoms with Crippen LogP contribution in [0.3, 0.4) is 0 Å². The molecule has 2 N–H and O–H groups in total. The predicted octanol–water partition coefficient (Wildman–Crippen LogP) is 2.69. The first-order chi connectivity index (χ1) is 7.28. The lowest BCUT2D eigenvalue weighted by atomic mass is 10.0. The number of carbonyl (C=O) groups is 1. The molecule has 1 fully saturated rings. The van der Waals surface area contributed by atoms with E-state index in [1.54, 1.807) is 5.51 Å². The molecule has 0 amide bonds. The van der Waals surface area contributed by atoms with E-state index in [2.05, 4.69) is 38.0 Å². The summed E-state index contributed by atoms with van der Waals surface area (Å²) in [6.07, 6.45) is 0. The molecule has 0 unspecified atom stereocenters. The van der Waals surface area contributed by atoms with Gasteiger partial charge in [-0.2, -0.15) is 0 Å². The van der Waals surface area contributed by atoms with Gasteiger partial charge in [-0.3, -0.25) is 0 Å². The lowest BCUT2D eigenvalue weighted by molar-refractivity contribution is 0.0692. The summed E-state index contributed by atoms with van der Waals surface area (Å²) >= 11 is 1.34. The van der Waals surface area contributed by atoms with E-state index >= 15 is 0 Å². The Bertz CT molecular complexity index is 423. The molecule has 1 aliphatic carbocycles. The summed E-state index contributed by atoms with van der Waals surface area (Å²) in [6, 6.07) is 0.304. The second-order valence-electron chi connectivity index (χ2n) is 5.36. The Labute approximate surface area is 98.7 Å². The SMILES string of the molecule is CC1(C)C(Nc2scnc2C(=O)O)C1(C)C. The van der Waals surface area contributed by atoms with Gasteiger partial charge in [0.05, 0.1) is 5.51 Å². The summed E-state index contributed by atoms with van der Waals surface area (Å²) in [6.45, 7) is 8.75. The van der Waals surface area contributed by atoms with Crippen LogP contribution in [0, 0.1) is 10.8 Å². The van der Waals surface area contributed by atoms with Crippen LogP contribution in [-0.4, -0.2) is 22.1 Å². The minimum atomic E-state index is -0.972. The molecule has 0 radical (unpaired) electrons. The number of carboxylic acids is 1. The van der Waals surface area contributed by atoms with Crippen molar-refractivity contribution >= 4 is 22.3 Å². The Hall–Kier alpha value is -1.10. The van der Waals surface area contributed by atoms with Gasteiger partial charge in [0, 0.05) is 6.04 Å². The molecule has 88 valence electrons. The topological polar surface area (TPSA) is 62.2 Å². The number of anilines is 1. The van der Waals surface area contributed by atoms with Gasteiger partial charge in [0.1, 0.15) is 5.00 Å². The molecular formula is C11H16N2O2S. The molecule has 1 aliphatic rings. The smallest absolute Gasteiger partial charge is 0.357 e. The van der Waals surface area contributed by atoms with E-state index < -0.39 is 5.97 Å². The number of aromatic carboxylic acids is 1. The van der Waals surface area contributed by atoms with E-state index in [-0.39, 0.29) is 16.5 Å². The van der Waals surface area contributed by atoms with Crippen LogP contribution < -0.4 is 5.32 Å². The molecular weight excluding hydrogens is 224 g/mol. The van der Waals surface area contributed by atoms with Gasteiger partial charge in [0.2, 0.25) is 0 Å². The number of carboxylic acid groups (broad SMARTS) is 1. The van der Waals surface area contributed by atoms with Crippen LogP contribution >= 0.6 is 11.3 Å². The van der Waals surface area contributed by atoms with Gasteiger partial charge in [-0.1, -0.05) is 27.7 Å². The third-order valence-corrected chi connectivity index (χ3v) is 4.82. The van der Waals surface area contributed by atoms with Crippen LogP contribution in [0.15, 0.2) is 5.51 Å². The third-order valence-electron chi connectivity index (χ3n) is 4.07. The zero-order valence-corrected chi connectivity index (χ0v) is 10.7. The summed E-state index contributed by atoms with van der Waals surface area (Å²) in [5, 5.41) is 12.9. The van der Waals surface area contributed by atoms with Crippen LogP contribution in [0.5, 0.6) is 0 Å². The standard InChI is InChI=1S/C11H16N2O2S/c1-10(2)9(11(10,3)4)13-7-6(8(14)15)12-5-16-7/h5,9,13H,1-4H3,(H,14,15). The maximum Gasteiger partial charge on any atom is 0.357 e. The maximum absolute atomic E-state index is 10.9. The number of hydrogen-bond donors (Lipinski definition) is 2. The maximum atomic E-state index is 10.9. The lowest BCUT2D eigenvalue weighted by Crippen LogP contribution is -2.12. The average molecular weight is 240 g/mol. The van der Waals surface area contributed by atoms with Gasteiger partial charge in [-0.15, -0.1) is 11.3 Å². The normalized spacial score (nSPS) is 21.8. The first-order valence-corrected chi connectivity index (χ1v) is 6.10. The van der Waals surface area contributed by atoms with Gasteiger partial charge in [-0.25, -0.2) is 9.78 Å². The van der Waals surface area contributed by atoms with Crippen molar-refractivity contribution < 1.29 is 9.90 Å². The van der Waals surface area contributed by atoms with E-state index in [0.29, 0.717) is 11.0 Å². The number of aromatic nitrogens is 1. The van der Waals surface area contributed by atoms with Crippen LogP contribution in [0.4, 0.5) is 5.00 Å². The first-order valence-electron chi connectivity index (χ1n) is 5.22. The molecule has 0 atom stereocenters. The molecule has 1 aromatic heterocycles. The first kappa shape index (κ1) is 11.4. The molecule has 1 saturated carbocycles. The van der Waals surface area contributed by atoms with Gasteiger partial charge < -0.3 is 10.4 Å². The van der Waals surface area contributed by atoms with Crippen LogP contribution in [0.25, 0.3) is 0 Å². The van der Waals surface area contributed by atoms with Crippen LogP contribution in [0.2, 0.25) is 0 Å². The van der Waals surface area contributed by atoms with Gasteiger partial charge in [0.15, 0.2) is 5.69 Å². The summed E-state index contributed by atoms with van der Waals surface area (Å²) in [5.74, 6) is -0.972. The van der Waals surface area contributed by atoms with Crippen molar-refractivity contribution in [2.75, 3.05) is 5.32 Å². The second-order valence-corrected chi connectivity index (χ2v) is 6.21. The van der Waals surface area contributed by atoms with E-state index in [9.17, 15) is 4.79 Å². The highest BCUT2D eigenvalue weighted by Gasteiger charge is 2.65. The van der Waals surface area contributed by atoms with Crippen LogP contribution in [-0.2, 0) is 0 Å². The van der Waals surface area contributed by atoms with Crippen LogP contribution in [0.1, 0.15) is 38.2 Å². The van der Waals surface area contributed by atoms with E-state index in [1.807, 2.05) is 0 Å². The van der Waals surface area contributed by atoms with Gasteiger partial charge in [0.25, 0.3) is 0 Å². The number of nitrogens with one attached hydrogen (secondary N) is 1. The monoisotopic (exact) mass is 240 g/mol.